The van der Waals surface area contributed by atoms with Crippen LogP contribution in [0.5, 0.6) is 0 Å². The van der Waals surface area contributed by atoms with Gasteiger partial charge in [-0.05, 0) is 46.9 Å². The molecule has 3 rings (SSSR count). The van der Waals surface area contributed by atoms with Gasteiger partial charge in [-0.25, -0.2) is 8.78 Å². The zero-order chi connectivity index (χ0) is 20.3. The van der Waals surface area contributed by atoms with E-state index in [1.807, 2.05) is 31.2 Å². The van der Waals surface area contributed by atoms with Crippen LogP contribution in [0.2, 0.25) is 0 Å². The van der Waals surface area contributed by atoms with E-state index in [2.05, 4.69) is 0 Å². The third-order valence-corrected chi connectivity index (χ3v) is 4.43. The lowest BCUT2D eigenvalue weighted by molar-refractivity contribution is -0.0790. The number of alkyl halides is 3. The number of hydrogen-bond donors (Lipinski definition) is 0. The first-order valence-electron chi connectivity index (χ1n) is 8.71. The lowest BCUT2D eigenvalue weighted by Gasteiger charge is -2.09. The molecule has 0 radical (unpaired) electrons. The van der Waals surface area contributed by atoms with Crippen LogP contribution >= 0.6 is 0 Å². The van der Waals surface area contributed by atoms with E-state index in [-0.39, 0.29) is 22.8 Å². The van der Waals surface area contributed by atoms with Gasteiger partial charge in [0.05, 0.1) is 0 Å². The van der Waals surface area contributed by atoms with E-state index < -0.39 is 17.8 Å². The van der Waals surface area contributed by atoms with E-state index >= 15 is 0 Å². The van der Waals surface area contributed by atoms with Gasteiger partial charge in [0.1, 0.15) is 11.6 Å². The SMILES string of the molecule is CCc1ccc(-c2ccc(-c3ccc(/C=C/C(F)(F)F)c(F)c3)c(F)c2)cc1. The van der Waals surface area contributed by atoms with Crippen LogP contribution in [0.15, 0.2) is 66.7 Å². The van der Waals surface area contributed by atoms with Gasteiger partial charge >= 0.3 is 6.18 Å². The van der Waals surface area contributed by atoms with Crippen molar-refractivity contribution in [1.29, 1.82) is 0 Å². The summed E-state index contributed by atoms with van der Waals surface area (Å²) in [6.07, 6.45) is -3.00. The Kier molecular flexibility index (Phi) is 5.63. The van der Waals surface area contributed by atoms with E-state index in [9.17, 15) is 22.0 Å². The van der Waals surface area contributed by atoms with Gasteiger partial charge in [0, 0.05) is 17.2 Å². The fourth-order valence-corrected chi connectivity index (χ4v) is 2.88. The van der Waals surface area contributed by atoms with Gasteiger partial charge in [0.15, 0.2) is 0 Å². The highest BCUT2D eigenvalue weighted by atomic mass is 19.4. The lowest BCUT2D eigenvalue weighted by atomic mass is 9.98. The molecule has 28 heavy (non-hydrogen) atoms. The molecule has 0 unspecified atom stereocenters. The third-order valence-electron chi connectivity index (χ3n) is 4.43. The average Bonchev–Trinajstić information content (AvgIpc) is 2.66. The summed E-state index contributed by atoms with van der Waals surface area (Å²) < 4.78 is 65.4. The van der Waals surface area contributed by atoms with Gasteiger partial charge in [0.2, 0.25) is 0 Å². The van der Waals surface area contributed by atoms with Crippen LogP contribution in [0.25, 0.3) is 28.3 Å². The highest BCUT2D eigenvalue weighted by Gasteiger charge is 2.22. The lowest BCUT2D eigenvalue weighted by Crippen LogP contribution is -2.00. The van der Waals surface area contributed by atoms with Crippen LogP contribution < -0.4 is 0 Å². The second-order valence-electron chi connectivity index (χ2n) is 6.36. The van der Waals surface area contributed by atoms with E-state index in [4.69, 9.17) is 0 Å². The van der Waals surface area contributed by atoms with Crippen molar-refractivity contribution in [2.45, 2.75) is 19.5 Å². The third kappa shape index (κ3) is 4.66. The van der Waals surface area contributed by atoms with Gasteiger partial charge in [-0.1, -0.05) is 55.5 Å². The molecule has 0 amide bonds. The van der Waals surface area contributed by atoms with Crippen molar-refractivity contribution in [3.05, 3.63) is 89.5 Å². The Balaban J connectivity index is 1.89. The van der Waals surface area contributed by atoms with E-state index in [0.717, 1.165) is 18.1 Å². The molecule has 5 heteroatoms. The van der Waals surface area contributed by atoms with Crippen LogP contribution in [-0.4, -0.2) is 6.18 Å². The largest absolute Gasteiger partial charge is 0.409 e. The second kappa shape index (κ2) is 7.97. The Morgan fingerprint density at radius 3 is 1.93 bits per heavy atom. The molecule has 0 N–H and O–H groups in total. The molecule has 3 aromatic carbocycles. The summed E-state index contributed by atoms with van der Waals surface area (Å²) in [6, 6.07) is 16.0. The summed E-state index contributed by atoms with van der Waals surface area (Å²) in [5, 5.41) is 0. The molecule has 0 atom stereocenters. The molecular weight excluding hydrogens is 371 g/mol. The highest BCUT2D eigenvalue weighted by molar-refractivity contribution is 5.72. The van der Waals surface area contributed by atoms with Crippen LogP contribution in [0.1, 0.15) is 18.1 Å². The maximum atomic E-state index is 14.6. The number of allylic oxidation sites excluding steroid dienone is 1. The highest BCUT2D eigenvalue weighted by Crippen LogP contribution is 2.30. The van der Waals surface area contributed by atoms with Crippen LogP contribution in [0.3, 0.4) is 0 Å². The van der Waals surface area contributed by atoms with Crippen LogP contribution in [0, 0.1) is 11.6 Å². The summed E-state index contributed by atoms with van der Waals surface area (Å²) in [4.78, 5) is 0. The monoisotopic (exact) mass is 388 g/mol. The predicted molar refractivity (Wildman–Crippen MR) is 102 cm³/mol. The van der Waals surface area contributed by atoms with Crippen molar-refractivity contribution in [2.75, 3.05) is 0 Å². The standard InChI is InChI=1S/C23H17F5/c1-2-15-3-5-16(6-4-15)18-9-10-20(22(25)13-18)19-8-7-17(21(24)14-19)11-12-23(26,27)28/h3-14H,2H2,1H3/b12-11+. The zero-order valence-corrected chi connectivity index (χ0v) is 15.0. The fourth-order valence-electron chi connectivity index (χ4n) is 2.88. The van der Waals surface area contributed by atoms with Crippen LogP contribution in [-0.2, 0) is 6.42 Å². The number of aryl methyl sites for hydroxylation is 1. The van der Waals surface area contributed by atoms with E-state index in [1.54, 1.807) is 12.1 Å². The quantitative estimate of drug-likeness (QED) is 0.408. The van der Waals surface area contributed by atoms with Crippen molar-refractivity contribution < 1.29 is 22.0 Å². The molecule has 0 aliphatic carbocycles. The van der Waals surface area contributed by atoms with Crippen molar-refractivity contribution in [2.24, 2.45) is 0 Å². The molecule has 0 aliphatic rings. The molecule has 0 nitrogen and oxygen atoms in total. The Morgan fingerprint density at radius 2 is 1.36 bits per heavy atom. The van der Waals surface area contributed by atoms with Gasteiger partial charge in [-0.15, -0.1) is 0 Å². The Bertz CT molecular complexity index is 998. The summed E-state index contributed by atoms with van der Waals surface area (Å²) in [6.45, 7) is 2.05. The van der Waals surface area contributed by atoms with E-state index in [0.29, 0.717) is 11.6 Å². The molecule has 0 heterocycles. The predicted octanol–water partition coefficient (Wildman–Crippen LogP) is 7.44. The van der Waals surface area contributed by atoms with E-state index in [1.165, 1.54) is 23.8 Å². The maximum absolute atomic E-state index is 14.6. The number of hydrogen-bond acceptors (Lipinski definition) is 0. The number of rotatable bonds is 4. The zero-order valence-electron chi connectivity index (χ0n) is 15.0. The molecule has 0 bridgehead atoms. The smallest absolute Gasteiger partial charge is 0.206 e. The minimum atomic E-state index is -4.53. The van der Waals surface area contributed by atoms with Crippen molar-refractivity contribution in [3.63, 3.8) is 0 Å². The summed E-state index contributed by atoms with van der Waals surface area (Å²) in [7, 11) is 0. The first-order valence-corrected chi connectivity index (χ1v) is 8.71. The molecule has 0 saturated heterocycles. The molecular formula is C23H17F5. The van der Waals surface area contributed by atoms with Gasteiger partial charge in [-0.2, -0.15) is 13.2 Å². The molecule has 0 aromatic heterocycles. The molecule has 0 spiro atoms. The molecule has 0 saturated carbocycles. The number of benzene rings is 3. The summed E-state index contributed by atoms with van der Waals surface area (Å²) in [5.74, 6) is -1.38. The topological polar surface area (TPSA) is 0 Å². The average molecular weight is 388 g/mol. The van der Waals surface area contributed by atoms with Crippen molar-refractivity contribution >= 4 is 6.08 Å². The first kappa shape index (κ1) is 19.8. The van der Waals surface area contributed by atoms with Gasteiger partial charge in [-0.3, -0.25) is 0 Å². The van der Waals surface area contributed by atoms with Gasteiger partial charge < -0.3 is 0 Å². The minimum absolute atomic E-state index is 0.0374. The Morgan fingerprint density at radius 1 is 0.750 bits per heavy atom. The Hall–Kier alpha value is -2.95. The molecule has 0 aliphatic heterocycles. The summed E-state index contributed by atoms with van der Waals surface area (Å²) in [5.41, 5.74) is 2.95. The molecule has 144 valence electrons. The maximum Gasteiger partial charge on any atom is 0.409 e. The minimum Gasteiger partial charge on any atom is -0.206 e. The first-order chi connectivity index (χ1) is 13.3. The van der Waals surface area contributed by atoms with Crippen molar-refractivity contribution in [3.8, 4) is 22.3 Å². The normalized spacial score (nSPS) is 11.9. The van der Waals surface area contributed by atoms with Crippen molar-refractivity contribution in [1.82, 2.24) is 0 Å². The van der Waals surface area contributed by atoms with Gasteiger partial charge in [0.25, 0.3) is 0 Å². The number of halogens is 5. The van der Waals surface area contributed by atoms with Crippen LogP contribution in [0.4, 0.5) is 22.0 Å². The fraction of sp³-hybridized carbons (Fsp3) is 0.130. The summed E-state index contributed by atoms with van der Waals surface area (Å²) >= 11 is 0. The Labute approximate surface area is 160 Å². The molecule has 0 fully saturated rings. The second-order valence-corrected chi connectivity index (χ2v) is 6.36. The molecule has 3 aromatic rings.